The fraction of sp³-hybridized carbons (Fsp3) is 0.421. The van der Waals surface area contributed by atoms with Crippen LogP contribution in [0, 0.1) is 6.92 Å². The number of aromatic nitrogens is 4. The largest absolute Gasteiger partial charge is 0.394 e. The quantitative estimate of drug-likeness (QED) is 0.734. The van der Waals surface area contributed by atoms with Gasteiger partial charge in [0.2, 0.25) is 0 Å². The first-order valence-corrected chi connectivity index (χ1v) is 9.12. The number of nitrogens with one attached hydrogen (secondary N) is 1. The van der Waals surface area contributed by atoms with Crippen LogP contribution >= 0.6 is 0 Å². The van der Waals surface area contributed by atoms with E-state index in [1.54, 1.807) is 6.20 Å². The molecule has 1 fully saturated rings. The molecule has 1 atom stereocenters. The van der Waals surface area contributed by atoms with E-state index >= 15 is 0 Å². The van der Waals surface area contributed by atoms with Crippen molar-refractivity contribution in [2.24, 2.45) is 0 Å². The maximum absolute atomic E-state index is 9.76. The number of aliphatic hydroxyl groups excluding tert-OH is 1. The van der Waals surface area contributed by atoms with Crippen LogP contribution in [0.25, 0.3) is 5.65 Å². The predicted octanol–water partition coefficient (Wildman–Crippen LogP) is 2.40. The molecule has 0 bridgehead atoms. The summed E-state index contributed by atoms with van der Waals surface area (Å²) in [5.74, 6) is 1.79. The second-order valence-corrected chi connectivity index (χ2v) is 6.80. The Labute approximate surface area is 152 Å². The zero-order chi connectivity index (χ0) is 17.9. The van der Waals surface area contributed by atoms with Crippen LogP contribution in [0.4, 0.5) is 11.6 Å². The minimum atomic E-state index is 0.133. The van der Waals surface area contributed by atoms with Crippen molar-refractivity contribution < 1.29 is 5.11 Å². The van der Waals surface area contributed by atoms with E-state index in [4.69, 9.17) is 4.98 Å². The number of fused-ring (bicyclic) bond motifs is 1. The molecule has 0 radical (unpaired) electrons. The number of nitrogens with zero attached hydrogens (tertiary/aromatic N) is 5. The van der Waals surface area contributed by atoms with Crippen molar-refractivity contribution >= 4 is 17.3 Å². The first-order valence-electron chi connectivity index (χ1n) is 9.12. The van der Waals surface area contributed by atoms with Gasteiger partial charge in [0.05, 0.1) is 18.8 Å². The third-order valence-electron chi connectivity index (χ3n) is 4.96. The SMILES string of the molecule is Cc1cnn2c(NCc3cccnc3)cc(N3CCCCC3CO)nc12. The molecule has 0 saturated carbocycles. The van der Waals surface area contributed by atoms with E-state index in [2.05, 4.69) is 20.3 Å². The van der Waals surface area contributed by atoms with Gasteiger partial charge in [0.15, 0.2) is 5.65 Å². The van der Waals surface area contributed by atoms with Crippen LogP contribution in [-0.4, -0.2) is 43.9 Å². The van der Waals surface area contributed by atoms with E-state index in [0.29, 0.717) is 6.54 Å². The number of pyridine rings is 1. The van der Waals surface area contributed by atoms with Gasteiger partial charge in [0.1, 0.15) is 11.6 Å². The van der Waals surface area contributed by atoms with Crippen LogP contribution in [0.3, 0.4) is 0 Å². The molecular weight excluding hydrogens is 328 g/mol. The molecule has 3 aromatic rings. The van der Waals surface area contributed by atoms with E-state index in [9.17, 15) is 5.11 Å². The first-order chi connectivity index (χ1) is 12.8. The number of aliphatic hydroxyl groups is 1. The highest BCUT2D eigenvalue weighted by Gasteiger charge is 2.24. The molecule has 7 heteroatoms. The highest BCUT2D eigenvalue weighted by Crippen LogP contribution is 2.27. The zero-order valence-electron chi connectivity index (χ0n) is 15.0. The third-order valence-corrected chi connectivity index (χ3v) is 4.96. The van der Waals surface area contributed by atoms with Crippen molar-refractivity contribution in [3.63, 3.8) is 0 Å². The maximum Gasteiger partial charge on any atom is 0.162 e. The molecule has 0 spiro atoms. The van der Waals surface area contributed by atoms with E-state index in [1.165, 1.54) is 0 Å². The van der Waals surface area contributed by atoms with Crippen LogP contribution in [-0.2, 0) is 6.54 Å². The minimum Gasteiger partial charge on any atom is -0.394 e. The van der Waals surface area contributed by atoms with Gasteiger partial charge < -0.3 is 15.3 Å². The Kier molecular flexibility index (Phi) is 4.71. The number of piperidine rings is 1. The lowest BCUT2D eigenvalue weighted by Crippen LogP contribution is -2.42. The molecule has 0 aliphatic carbocycles. The summed E-state index contributed by atoms with van der Waals surface area (Å²) < 4.78 is 1.84. The molecule has 4 rings (SSSR count). The summed E-state index contributed by atoms with van der Waals surface area (Å²) in [6.45, 7) is 3.76. The molecule has 1 saturated heterocycles. The summed E-state index contributed by atoms with van der Waals surface area (Å²) in [5.41, 5.74) is 2.99. The molecule has 136 valence electrons. The minimum absolute atomic E-state index is 0.133. The van der Waals surface area contributed by atoms with Crippen LogP contribution in [0.15, 0.2) is 36.8 Å². The van der Waals surface area contributed by atoms with Crippen molar-refractivity contribution in [2.75, 3.05) is 23.4 Å². The van der Waals surface area contributed by atoms with Gasteiger partial charge >= 0.3 is 0 Å². The highest BCUT2D eigenvalue weighted by atomic mass is 16.3. The fourth-order valence-electron chi connectivity index (χ4n) is 3.52. The molecule has 4 heterocycles. The first kappa shape index (κ1) is 16.8. The second-order valence-electron chi connectivity index (χ2n) is 6.80. The summed E-state index contributed by atoms with van der Waals surface area (Å²) in [6.07, 6.45) is 8.74. The van der Waals surface area contributed by atoms with E-state index in [-0.39, 0.29) is 12.6 Å². The van der Waals surface area contributed by atoms with Crippen molar-refractivity contribution in [1.29, 1.82) is 0 Å². The van der Waals surface area contributed by atoms with Gasteiger partial charge in [0.25, 0.3) is 0 Å². The molecule has 2 N–H and O–H groups in total. The summed E-state index contributed by atoms with van der Waals surface area (Å²) in [7, 11) is 0. The van der Waals surface area contributed by atoms with E-state index in [1.807, 2.05) is 42.0 Å². The molecule has 7 nitrogen and oxygen atoms in total. The summed E-state index contributed by atoms with van der Waals surface area (Å²) in [5, 5.41) is 17.7. The van der Waals surface area contributed by atoms with Crippen LogP contribution < -0.4 is 10.2 Å². The lowest BCUT2D eigenvalue weighted by atomic mass is 10.0. The Morgan fingerprint density at radius 3 is 3.04 bits per heavy atom. The van der Waals surface area contributed by atoms with Crippen molar-refractivity contribution in [3.05, 3.63) is 47.9 Å². The maximum atomic E-state index is 9.76. The Bertz CT molecular complexity index is 878. The Morgan fingerprint density at radius 1 is 1.31 bits per heavy atom. The smallest absolute Gasteiger partial charge is 0.162 e. The monoisotopic (exact) mass is 352 g/mol. The molecule has 26 heavy (non-hydrogen) atoms. The van der Waals surface area contributed by atoms with E-state index < -0.39 is 0 Å². The molecule has 1 aliphatic rings. The van der Waals surface area contributed by atoms with Crippen molar-refractivity contribution in [3.8, 4) is 0 Å². The number of aryl methyl sites for hydroxylation is 1. The van der Waals surface area contributed by atoms with Gasteiger partial charge in [-0.05, 0) is 37.8 Å². The molecule has 0 amide bonds. The van der Waals surface area contributed by atoms with Crippen LogP contribution in [0.5, 0.6) is 0 Å². The average Bonchev–Trinajstić information content (AvgIpc) is 3.08. The van der Waals surface area contributed by atoms with Gasteiger partial charge in [-0.1, -0.05) is 6.07 Å². The topological polar surface area (TPSA) is 78.6 Å². The third kappa shape index (κ3) is 3.22. The molecule has 1 aliphatic heterocycles. The predicted molar refractivity (Wildman–Crippen MR) is 101 cm³/mol. The Hall–Kier alpha value is -2.67. The molecule has 3 aromatic heterocycles. The van der Waals surface area contributed by atoms with Gasteiger partial charge in [0, 0.05) is 37.1 Å². The van der Waals surface area contributed by atoms with Crippen molar-refractivity contribution in [2.45, 2.75) is 38.8 Å². The number of hydrogen-bond acceptors (Lipinski definition) is 6. The second kappa shape index (κ2) is 7.29. The molecular formula is C19H24N6O. The fourth-order valence-corrected chi connectivity index (χ4v) is 3.52. The lowest BCUT2D eigenvalue weighted by Gasteiger charge is -2.35. The number of hydrogen-bond donors (Lipinski definition) is 2. The highest BCUT2D eigenvalue weighted by molar-refractivity contribution is 5.61. The summed E-state index contributed by atoms with van der Waals surface area (Å²) in [6, 6.07) is 6.14. The van der Waals surface area contributed by atoms with Gasteiger partial charge in [-0.15, -0.1) is 0 Å². The molecule has 0 aromatic carbocycles. The van der Waals surface area contributed by atoms with Gasteiger partial charge in [-0.2, -0.15) is 9.61 Å². The number of anilines is 2. The van der Waals surface area contributed by atoms with E-state index in [0.717, 1.165) is 54.2 Å². The van der Waals surface area contributed by atoms with Crippen LogP contribution in [0.2, 0.25) is 0 Å². The average molecular weight is 352 g/mol. The molecule has 1 unspecified atom stereocenters. The Balaban J connectivity index is 1.69. The summed E-state index contributed by atoms with van der Waals surface area (Å²) >= 11 is 0. The normalized spacial score (nSPS) is 17.6. The Morgan fingerprint density at radius 2 is 2.23 bits per heavy atom. The van der Waals surface area contributed by atoms with Crippen molar-refractivity contribution in [1.82, 2.24) is 19.6 Å². The van der Waals surface area contributed by atoms with Crippen LogP contribution in [0.1, 0.15) is 30.4 Å². The van der Waals surface area contributed by atoms with Gasteiger partial charge in [-0.25, -0.2) is 4.98 Å². The lowest BCUT2D eigenvalue weighted by molar-refractivity contribution is 0.239. The standard InChI is InChI=1S/C19H24N6O/c1-14-10-22-25-17(21-12-15-5-4-7-20-11-15)9-18(23-19(14)25)24-8-3-2-6-16(24)13-26/h4-5,7,9-11,16,21,26H,2-3,6,8,12-13H2,1H3. The van der Waals surface area contributed by atoms with Gasteiger partial charge in [-0.3, -0.25) is 4.98 Å². The number of rotatable bonds is 5. The summed E-state index contributed by atoms with van der Waals surface area (Å²) in [4.78, 5) is 11.2. The zero-order valence-corrected chi connectivity index (χ0v) is 15.0.